The SMILES string of the molecule is O=C(NCCc1ccccc1F)C1CCN(Cc2nnc(-c3ccc(Cl)cc3Cl)o2)CC1. The number of likely N-dealkylation sites (tertiary alicyclic amines) is 1. The Morgan fingerprint density at radius 1 is 1.16 bits per heavy atom. The van der Waals surface area contributed by atoms with E-state index in [1.807, 2.05) is 0 Å². The molecule has 1 fully saturated rings. The van der Waals surface area contributed by atoms with Crippen molar-refractivity contribution in [3.63, 3.8) is 0 Å². The summed E-state index contributed by atoms with van der Waals surface area (Å²) in [6.07, 6.45) is 1.97. The fourth-order valence-electron chi connectivity index (χ4n) is 3.80. The maximum atomic E-state index is 13.7. The van der Waals surface area contributed by atoms with Crippen molar-refractivity contribution in [2.75, 3.05) is 19.6 Å². The Morgan fingerprint density at radius 3 is 2.69 bits per heavy atom. The van der Waals surface area contributed by atoms with Crippen molar-refractivity contribution in [2.45, 2.75) is 25.8 Å². The van der Waals surface area contributed by atoms with Gasteiger partial charge in [-0.2, -0.15) is 0 Å². The molecule has 3 aromatic rings. The zero-order valence-corrected chi connectivity index (χ0v) is 18.9. The van der Waals surface area contributed by atoms with Crippen LogP contribution in [-0.4, -0.2) is 40.6 Å². The molecule has 0 spiro atoms. The zero-order chi connectivity index (χ0) is 22.5. The van der Waals surface area contributed by atoms with Gasteiger partial charge in [0.15, 0.2) is 0 Å². The summed E-state index contributed by atoms with van der Waals surface area (Å²) in [6, 6.07) is 11.7. The summed E-state index contributed by atoms with van der Waals surface area (Å²) in [5.41, 5.74) is 1.25. The largest absolute Gasteiger partial charge is 0.419 e. The molecule has 1 aliphatic rings. The van der Waals surface area contributed by atoms with Gasteiger partial charge in [-0.15, -0.1) is 10.2 Å². The van der Waals surface area contributed by atoms with Crippen LogP contribution in [0.2, 0.25) is 10.0 Å². The van der Waals surface area contributed by atoms with Crippen molar-refractivity contribution >= 4 is 29.1 Å². The average Bonchev–Trinajstić information content (AvgIpc) is 3.23. The summed E-state index contributed by atoms with van der Waals surface area (Å²) in [6.45, 7) is 2.45. The minimum Gasteiger partial charge on any atom is -0.419 e. The number of piperidine rings is 1. The van der Waals surface area contributed by atoms with Gasteiger partial charge in [0.05, 0.1) is 17.1 Å². The number of hydrogen-bond donors (Lipinski definition) is 1. The maximum absolute atomic E-state index is 13.7. The number of halogens is 3. The molecule has 1 aromatic heterocycles. The van der Waals surface area contributed by atoms with Gasteiger partial charge in [0.25, 0.3) is 0 Å². The highest BCUT2D eigenvalue weighted by Crippen LogP contribution is 2.29. The average molecular weight is 477 g/mol. The minimum absolute atomic E-state index is 0.0263. The van der Waals surface area contributed by atoms with Gasteiger partial charge < -0.3 is 9.73 Å². The summed E-state index contributed by atoms with van der Waals surface area (Å²) in [5.74, 6) is 0.596. The molecule has 1 aliphatic heterocycles. The Labute approximate surface area is 195 Å². The summed E-state index contributed by atoms with van der Waals surface area (Å²) in [4.78, 5) is 14.7. The Balaban J connectivity index is 1.23. The molecule has 1 amide bonds. The summed E-state index contributed by atoms with van der Waals surface area (Å²) < 4.78 is 19.4. The minimum atomic E-state index is -0.238. The number of nitrogens with zero attached hydrogens (tertiary/aromatic N) is 3. The molecule has 6 nitrogen and oxygen atoms in total. The van der Waals surface area contributed by atoms with E-state index in [1.54, 1.807) is 36.4 Å². The first-order valence-corrected chi connectivity index (χ1v) is 11.3. The van der Waals surface area contributed by atoms with E-state index >= 15 is 0 Å². The van der Waals surface area contributed by atoms with Crippen LogP contribution in [0, 0.1) is 11.7 Å². The highest BCUT2D eigenvalue weighted by Gasteiger charge is 2.26. The lowest BCUT2D eigenvalue weighted by molar-refractivity contribution is -0.126. The maximum Gasteiger partial charge on any atom is 0.249 e. The first-order valence-electron chi connectivity index (χ1n) is 10.5. The molecule has 1 N–H and O–H groups in total. The molecule has 2 aromatic carbocycles. The fourth-order valence-corrected chi connectivity index (χ4v) is 4.29. The van der Waals surface area contributed by atoms with Gasteiger partial charge in [0, 0.05) is 17.5 Å². The Bertz CT molecular complexity index is 1080. The molecule has 0 radical (unpaired) electrons. The van der Waals surface area contributed by atoms with E-state index in [4.69, 9.17) is 27.6 Å². The molecule has 32 heavy (non-hydrogen) atoms. The van der Waals surface area contributed by atoms with Crippen LogP contribution in [0.25, 0.3) is 11.5 Å². The molecule has 1 saturated heterocycles. The topological polar surface area (TPSA) is 71.3 Å². The molecule has 4 rings (SSSR count). The summed E-state index contributed by atoms with van der Waals surface area (Å²) in [7, 11) is 0. The van der Waals surface area contributed by atoms with Gasteiger partial charge in [-0.1, -0.05) is 41.4 Å². The van der Waals surface area contributed by atoms with Gasteiger partial charge in [0.1, 0.15) is 5.82 Å². The smallest absolute Gasteiger partial charge is 0.249 e. The predicted molar refractivity (Wildman–Crippen MR) is 121 cm³/mol. The van der Waals surface area contributed by atoms with Crippen molar-refractivity contribution in [2.24, 2.45) is 5.92 Å². The second-order valence-electron chi connectivity index (χ2n) is 7.81. The molecule has 9 heteroatoms. The molecular formula is C23H23Cl2FN4O2. The van der Waals surface area contributed by atoms with Gasteiger partial charge in [0.2, 0.25) is 17.7 Å². The van der Waals surface area contributed by atoms with Crippen LogP contribution in [0.15, 0.2) is 46.9 Å². The Morgan fingerprint density at radius 2 is 1.94 bits per heavy atom. The van der Waals surface area contributed by atoms with Gasteiger partial charge in [-0.05, 0) is 62.2 Å². The lowest BCUT2D eigenvalue weighted by atomic mass is 9.96. The molecule has 0 unspecified atom stereocenters. The van der Waals surface area contributed by atoms with Gasteiger partial charge in [-0.3, -0.25) is 9.69 Å². The third-order valence-corrected chi connectivity index (χ3v) is 6.14. The van der Waals surface area contributed by atoms with Crippen LogP contribution >= 0.6 is 23.2 Å². The molecular weight excluding hydrogens is 454 g/mol. The first kappa shape index (κ1) is 22.7. The Kier molecular flexibility index (Phi) is 7.40. The number of hydrogen-bond acceptors (Lipinski definition) is 5. The van der Waals surface area contributed by atoms with Crippen LogP contribution in [0.3, 0.4) is 0 Å². The van der Waals surface area contributed by atoms with Gasteiger partial charge >= 0.3 is 0 Å². The lowest BCUT2D eigenvalue weighted by Gasteiger charge is -2.30. The number of amides is 1. The zero-order valence-electron chi connectivity index (χ0n) is 17.4. The summed E-state index contributed by atoms with van der Waals surface area (Å²) >= 11 is 12.1. The van der Waals surface area contributed by atoms with E-state index in [2.05, 4.69) is 20.4 Å². The van der Waals surface area contributed by atoms with E-state index in [0.717, 1.165) is 25.9 Å². The van der Waals surface area contributed by atoms with E-state index in [0.29, 0.717) is 52.5 Å². The quantitative estimate of drug-likeness (QED) is 0.532. The van der Waals surface area contributed by atoms with Crippen molar-refractivity contribution in [3.8, 4) is 11.5 Å². The number of carbonyl (C=O) groups excluding carboxylic acids is 1. The van der Waals surface area contributed by atoms with E-state index in [-0.39, 0.29) is 17.6 Å². The lowest BCUT2D eigenvalue weighted by Crippen LogP contribution is -2.40. The van der Waals surface area contributed by atoms with Crippen molar-refractivity contribution in [3.05, 3.63) is 69.8 Å². The summed E-state index contributed by atoms with van der Waals surface area (Å²) in [5, 5.41) is 12.1. The van der Waals surface area contributed by atoms with Crippen molar-refractivity contribution in [1.29, 1.82) is 0 Å². The molecule has 168 valence electrons. The molecule has 0 bridgehead atoms. The van der Waals surface area contributed by atoms with Crippen LogP contribution < -0.4 is 5.32 Å². The number of carbonyl (C=O) groups is 1. The van der Waals surface area contributed by atoms with Crippen molar-refractivity contribution in [1.82, 2.24) is 20.4 Å². The second kappa shape index (κ2) is 10.4. The van der Waals surface area contributed by atoms with Crippen LogP contribution in [0.5, 0.6) is 0 Å². The number of aromatic nitrogens is 2. The Hall–Kier alpha value is -2.48. The highest BCUT2D eigenvalue weighted by atomic mass is 35.5. The van der Waals surface area contributed by atoms with Crippen LogP contribution in [0.1, 0.15) is 24.3 Å². The predicted octanol–water partition coefficient (Wildman–Crippen LogP) is 4.75. The highest BCUT2D eigenvalue weighted by molar-refractivity contribution is 6.36. The fraction of sp³-hybridized carbons (Fsp3) is 0.348. The second-order valence-corrected chi connectivity index (χ2v) is 8.65. The number of nitrogens with one attached hydrogen (secondary N) is 1. The molecule has 0 aliphatic carbocycles. The van der Waals surface area contributed by atoms with E-state index in [1.165, 1.54) is 6.07 Å². The van der Waals surface area contributed by atoms with Crippen LogP contribution in [0.4, 0.5) is 4.39 Å². The molecule has 2 heterocycles. The van der Waals surface area contributed by atoms with Crippen LogP contribution in [-0.2, 0) is 17.8 Å². The van der Waals surface area contributed by atoms with Gasteiger partial charge in [-0.25, -0.2) is 4.39 Å². The number of benzene rings is 2. The molecule has 0 saturated carbocycles. The monoisotopic (exact) mass is 476 g/mol. The third kappa shape index (κ3) is 5.65. The van der Waals surface area contributed by atoms with E-state index < -0.39 is 0 Å². The molecule has 0 atom stereocenters. The standard InChI is InChI=1S/C23H23Cl2FN4O2/c24-17-5-6-18(19(25)13-17)23-29-28-21(32-23)14-30-11-8-16(9-12-30)22(31)27-10-7-15-3-1-2-4-20(15)26/h1-6,13,16H,7-12,14H2,(H,27,31). The number of rotatable bonds is 7. The van der Waals surface area contributed by atoms with E-state index in [9.17, 15) is 9.18 Å². The third-order valence-electron chi connectivity index (χ3n) is 5.60. The van der Waals surface area contributed by atoms with Crippen molar-refractivity contribution < 1.29 is 13.6 Å². The normalized spacial score (nSPS) is 15.1. The first-order chi connectivity index (χ1) is 15.5.